The third-order valence-corrected chi connectivity index (χ3v) is 4.19. The summed E-state index contributed by atoms with van der Waals surface area (Å²) in [6.07, 6.45) is 1.65. The highest BCUT2D eigenvalue weighted by molar-refractivity contribution is 5.84. The SMILES string of the molecule is CCOc1cc(/C=N/NC(=O)Cc2ccc(F)cc2)ccc1OCc1ccccc1. The molecular formula is C24H23FN2O3. The fraction of sp³-hybridized carbons (Fsp3) is 0.167. The van der Waals surface area contributed by atoms with Gasteiger partial charge in [0.15, 0.2) is 11.5 Å². The number of benzene rings is 3. The maximum absolute atomic E-state index is 12.9. The Morgan fingerprint density at radius 1 is 0.967 bits per heavy atom. The van der Waals surface area contributed by atoms with Crippen molar-refractivity contribution >= 4 is 12.1 Å². The van der Waals surface area contributed by atoms with Gasteiger partial charge in [-0.15, -0.1) is 0 Å². The fourth-order valence-electron chi connectivity index (χ4n) is 2.73. The van der Waals surface area contributed by atoms with Crippen LogP contribution in [0.4, 0.5) is 4.39 Å². The van der Waals surface area contributed by atoms with Crippen molar-refractivity contribution in [1.82, 2.24) is 5.43 Å². The van der Waals surface area contributed by atoms with E-state index in [1.54, 1.807) is 18.2 Å². The number of nitrogens with zero attached hydrogens (tertiary/aromatic N) is 1. The predicted octanol–water partition coefficient (Wildman–Crippen LogP) is 4.50. The number of hydrogen-bond acceptors (Lipinski definition) is 4. The summed E-state index contributed by atoms with van der Waals surface area (Å²) in [5.41, 5.74) is 5.00. The standard InChI is InChI=1S/C24H23FN2O3/c1-2-29-23-14-20(10-13-22(23)30-17-19-6-4-3-5-7-19)16-26-27-24(28)15-18-8-11-21(25)12-9-18/h3-14,16H,2,15,17H2,1H3,(H,27,28)/b26-16+. The van der Waals surface area contributed by atoms with Crippen LogP contribution < -0.4 is 14.9 Å². The lowest BCUT2D eigenvalue weighted by molar-refractivity contribution is -0.120. The van der Waals surface area contributed by atoms with Gasteiger partial charge in [-0.05, 0) is 53.9 Å². The summed E-state index contributed by atoms with van der Waals surface area (Å²) in [4.78, 5) is 12.0. The zero-order valence-corrected chi connectivity index (χ0v) is 16.7. The summed E-state index contributed by atoms with van der Waals surface area (Å²) in [6.45, 7) is 2.84. The fourth-order valence-corrected chi connectivity index (χ4v) is 2.73. The van der Waals surface area contributed by atoms with Crippen molar-refractivity contribution in [2.45, 2.75) is 20.0 Å². The number of hydrogen-bond donors (Lipinski definition) is 1. The van der Waals surface area contributed by atoms with E-state index < -0.39 is 0 Å². The lowest BCUT2D eigenvalue weighted by Crippen LogP contribution is -2.19. The Morgan fingerprint density at radius 3 is 2.47 bits per heavy atom. The molecule has 0 aromatic heterocycles. The molecule has 1 N–H and O–H groups in total. The van der Waals surface area contributed by atoms with E-state index in [1.165, 1.54) is 18.3 Å². The first-order valence-corrected chi connectivity index (χ1v) is 9.64. The van der Waals surface area contributed by atoms with E-state index in [-0.39, 0.29) is 18.1 Å². The topological polar surface area (TPSA) is 59.9 Å². The molecule has 3 rings (SSSR count). The van der Waals surface area contributed by atoms with Crippen LogP contribution in [0.2, 0.25) is 0 Å². The van der Waals surface area contributed by atoms with Gasteiger partial charge in [0.25, 0.3) is 0 Å². The number of amides is 1. The maximum Gasteiger partial charge on any atom is 0.244 e. The first-order valence-electron chi connectivity index (χ1n) is 9.64. The van der Waals surface area contributed by atoms with E-state index in [4.69, 9.17) is 9.47 Å². The molecule has 5 nitrogen and oxygen atoms in total. The molecular weight excluding hydrogens is 383 g/mol. The monoisotopic (exact) mass is 406 g/mol. The van der Waals surface area contributed by atoms with Gasteiger partial charge in [-0.1, -0.05) is 42.5 Å². The predicted molar refractivity (Wildman–Crippen MR) is 114 cm³/mol. The summed E-state index contributed by atoms with van der Waals surface area (Å²) in [7, 11) is 0. The van der Waals surface area contributed by atoms with Gasteiger partial charge in [0.2, 0.25) is 5.91 Å². The Bertz CT molecular complexity index is 989. The number of ether oxygens (including phenoxy) is 2. The van der Waals surface area contributed by atoms with Crippen molar-refractivity contribution < 1.29 is 18.7 Å². The zero-order valence-electron chi connectivity index (χ0n) is 16.7. The molecule has 154 valence electrons. The van der Waals surface area contributed by atoms with Crippen molar-refractivity contribution in [3.8, 4) is 11.5 Å². The van der Waals surface area contributed by atoms with Crippen LogP contribution in [0.1, 0.15) is 23.6 Å². The normalized spacial score (nSPS) is 10.7. The molecule has 0 aliphatic heterocycles. The van der Waals surface area contributed by atoms with Crippen LogP contribution in [0.3, 0.4) is 0 Å². The molecule has 0 aliphatic rings. The largest absolute Gasteiger partial charge is 0.490 e. The summed E-state index contributed by atoms with van der Waals surface area (Å²) in [6, 6.07) is 21.1. The average molecular weight is 406 g/mol. The molecule has 1 amide bonds. The molecule has 0 aliphatic carbocycles. The van der Waals surface area contributed by atoms with Crippen molar-refractivity contribution in [1.29, 1.82) is 0 Å². The minimum Gasteiger partial charge on any atom is -0.490 e. The van der Waals surface area contributed by atoms with E-state index >= 15 is 0 Å². The van der Waals surface area contributed by atoms with E-state index in [0.29, 0.717) is 30.3 Å². The van der Waals surface area contributed by atoms with Gasteiger partial charge in [-0.25, -0.2) is 9.82 Å². The summed E-state index contributed by atoms with van der Waals surface area (Å²) < 4.78 is 24.5. The second-order valence-corrected chi connectivity index (χ2v) is 6.51. The van der Waals surface area contributed by atoms with Gasteiger partial charge >= 0.3 is 0 Å². The Hall–Kier alpha value is -3.67. The van der Waals surface area contributed by atoms with Crippen LogP contribution >= 0.6 is 0 Å². The molecule has 0 bridgehead atoms. The quantitative estimate of drug-likeness (QED) is 0.421. The van der Waals surface area contributed by atoms with Crippen LogP contribution in [0.25, 0.3) is 0 Å². The lowest BCUT2D eigenvalue weighted by atomic mass is 10.1. The molecule has 3 aromatic rings. The number of carbonyl (C=O) groups is 1. The first kappa shape index (κ1) is 21.0. The van der Waals surface area contributed by atoms with Gasteiger partial charge in [0.05, 0.1) is 19.2 Å². The van der Waals surface area contributed by atoms with Gasteiger partial charge in [-0.3, -0.25) is 4.79 Å². The molecule has 30 heavy (non-hydrogen) atoms. The van der Waals surface area contributed by atoms with E-state index in [9.17, 15) is 9.18 Å². The van der Waals surface area contributed by atoms with Crippen molar-refractivity contribution in [3.63, 3.8) is 0 Å². The Morgan fingerprint density at radius 2 is 1.73 bits per heavy atom. The molecule has 3 aromatic carbocycles. The lowest BCUT2D eigenvalue weighted by Gasteiger charge is -2.12. The van der Waals surface area contributed by atoms with Gasteiger partial charge in [-0.2, -0.15) is 5.10 Å². The summed E-state index contributed by atoms with van der Waals surface area (Å²) >= 11 is 0. The number of halogens is 1. The molecule has 0 heterocycles. The van der Waals surface area contributed by atoms with E-state index in [2.05, 4.69) is 10.5 Å². The number of hydrazone groups is 1. The van der Waals surface area contributed by atoms with E-state index in [0.717, 1.165) is 11.1 Å². The van der Waals surface area contributed by atoms with Crippen LogP contribution in [0.5, 0.6) is 11.5 Å². The Labute approximate surface area is 175 Å². The van der Waals surface area contributed by atoms with Gasteiger partial charge in [0.1, 0.15) is 12.4 Å². The smallest absolute Gasteiger partial charge is 0.244 e. The second-order valence-electron chi connectivity index (χ2n) is 6.51. The van der Waals surface area contributed by atoms with Crippen molar-refractivity contribution in [3.05, 3.63) is 95.3 Å². The molecule has 6 heteroatoms. The van der Waals surface area contributed by atoms with E-state index in [1.807, 2.05) is 49.4 Å². The Balaban J connectivity index is 1.59. The van der Waals surface area contributed by atoms with Gasteiger partial charge < -0.3 is 9.47 Å². The molecule has 0 radical (unpaired) electrons. The third kappa shape index (κ3) is 6.44. The average Bonchev–Trinajstić information content (AvgIpc) is 2.76. The first-order chi connectivity index (χ1) is 14.6. The number of carbonyl (C=O) groups excluding carboxylic acids is 1. The highest BCUT2D eigenvalue weighted by Crippen LogP contribution is 2.28. The molecule has 0 fully saturated rings. The Kier molecular flexibility index (Phi) is 7.55. The third-order valence-electron chi connectivity index (χ3n) is 4.19. The van der Waals surface area contributed by atoms with Gasteiger partial charge in [0, 0.05) is 0 Å². The summed E-state index contributed by atoms with van der Waals surface area (Å²) in [5, 5.41) is 3.98. The molecule has 0 saturated carbocycles. The maximum atomic E-state index is 12.9. The summed E-state index contributed by atoms with van der Waals surface area (Å²) in [5.74, 6) is 0.623. The minimum atomic E-state index is -0.335. The van der Waals surface area contributed by atoms with Crippen LogP contribution in [0, 0.1) is 5.82 Å². The van der Waals surface area contributed by atoms with Crippen LogP contribution in [-0.4, -0.2) is 18.7 Å². The zero-order chi connectivity index (χ0) is 21.2. The molecule has 0 saturated heterocycles. The minimum absolute atomic E-state index is 0.119. The highest BCUT2D eigenvalue weighted by Gasteiger charge is 2.07. The second kappa shape index (κ2) is 10.8. The van der Waals surface area contributed by atoms with Crippen LogP contribution in [0.15, 0.2) is 77.9 Å². The molecule has 0 atom stereocenters. The number of rotatable bonds is 9. The van der Waals surface area contributed by atoms with Crippen molar-refractivity contribution in [2.24, 2.45) is 5.10 Å². The number of nitrogens with one attached hydrogen (secondary N) is 1. The highest BCUT2D eigenvalue weighted by atomic mass is 19.1. The van der Waals surface area contributed by atoms with Crippen LogP contribution in [-0.2, 0) is 17.8 Å². The molecule has 0 spiro atoms. The van der Waals surface area contributed by atoms with Crippen molar-refractivity contribution in [2.75, 3.05) is 6.61 Å². The molecule has 0 unspecified atom stereocenters.